The van der Waals surface area contributed by atoms with Crippen LogP contribution in [0.15, 0.2) is 0 Å². The van der Waals surface area contributed by atoms with Crippen molar-refractivity contribution in [3.8, 4) is 11.2 Å². The fraction of sp³-hybridized carbons (Fsp3) is 0.400. The van der Waals surface area contributed by atoms with E-state index in [0.717, 1.165) is 0 Å². The predicted molar refractivity (Wildman–Crippen MR) is 33.3 cm³/mol. The molecule has 0 bridgehead atoms. The van der Waals surface area contributed by atoms with Gasteiger partial charge in [-0.25, -0.2) is 4.79 Å². The van der Waals surface area contributed by atoms with E-state index in [0.29, 0.717) is 0 Å². The highest BCUT2D eigenvalue weighted by Gasteiger charge is 1.85. The third-order valence-corrected chi connectivity index (χ3v) is 0.747. The van der Waals surface area contributed by atoms with Gasteiger partial charge < -0.3 is 4.74 Å². The SMILES string of the molecule is COC(=O)C#CSC. The predicted octanol–water partition coefficient (Wildman–Crippen LogP) is 0.483. The van der Waals surface area contributed by atoms with Crippen molar-refractivity contribution in [3.63, 3.8) is 0 Å². The lowest BCUT2D eigenvalue weighted by Crippen LogP contribution is -1.93. The van der Waals surface area contributed by atoms with Gasteiger partial charge in [-0.05, 0) is 11.5 Å². The van der Waals surface area contributed by atoms with Gasteiger partial charge >= 0.3 is 5.97 Å². The fourth-order valence-electron chi connectivity index (χ4n) is 0.144. The van der Waals surface area contributed by atoms with E-state index >= 15 is 0 Å². The smallest absolute Gasteiger partial charge is 0.384 e. The molecular formula is C5H6O2S. The van der Waals surface area contributed by atoms with Crippen molar-refractivity contribution in [2.75, 3.05) is 13.4 Å². The van der Waals surface area contributed by atoms with Crippen LogP contribution in [-0.4, -0.2) is 19.3 Å². The second-order valence-electron chi connectivity index (χ2n) is 0.923. The first kappa shape index (κ1) is 7.38. The van der Waals surface area contributed by atoms with E-state index in [1.54, 1.807) is 6.26 Å². The molecule has 0 heterocycles. The van der Waals surface area contributed by atoms with Crippen LogP contribution in [0.2, 0.25) is 0 Å². The summed E-state index contributed by atoms with van der Waals surface area (Å²) < 4.78 is 4.23. The van der Waals surface area contributed by atoms with E-state index in [4.69, 9.17) is 0 Å². The molecule has 0 atom stereocenters. The average molecular weight is 130 g/mol. The molecule has 0 fully saturated rings. The maximum Gasteiger partial charge on any atom is 0.384 e. The maximum atomic E-state index is 10.2. The number of carbonyl (C=O) groups is 1. The number of methoxy groups -OCH3 is 1. The number of carbonyl (C=O) groups excluding carboxylic acids is 1. The molecule has 0 aliphatic carbocycles. The Morgan fingerprint density at radius 2 is 2.38 bits per heavy atom. The molecule has 0 aromatic carbocycles. The number of hydrogen-bond donors (Lipinski definition) is 0. The third kappa shape index (κ3) is 3.57. The van der Waals surface area contributed by atoms with Gasteiger partial charge in [-0.15, -0.1) is 0 Å². The van der Waals surface area contributed by atoms with Crippen LogP contribution in [0, 0.1) is 11.2 Å². The molecule has 0 N–H and O–H groups in total. The molecule has 0 unspecified atom stereocenters. The van der Waals surface area contributed by atoms with Crippen LogP contribution in [0.3, 0.4) is 0 Å². The zero-order valence-electron chi connectivity index (χ0n) is 4.72. The molecule has 3 heteroatoms. The summed E-state index contributed by atoms with van der Waals surface area (Å²) in [7, 11) is 1.30. The number of esters is 1. The Morgan fingerprint density at radius 1 is 1.75 bits per heavy atom. The van der Waals surface area contributed by atoms with Gasteiger partial charge in [0.1, 0.15) is 0 Å². The van der Waals surface area contributed by atoms with Crippen molar-refractivity contribution in [2.45, 2.75) is 0 Å². The Labute approximate surface area is 52.6 Å². The summed E-state index contributed by atoms with van der Waals surface area (Å²) in [6, 6.07) is 0. The lowest BCUT2D eigenvalue weighted by molar-refractivity contribution is -0.133. The monoisotopic (exact) mass is 130 g/mol. The zero-order chi connectivity index (χ0) is 6.41. The normalized spacial score (nSPS) is 6.75. The molecule has 0 radical (unpaired) electrons. The molecular weight excluding hydrogens is 124 g/mol. The van der Waals surface area contributed by atoms with Crippen molar-refractivity contribution in [1.82, 2.24) is 0 Å². The van der Waals surface area contributed by atoms with Gasteiger partial charge in [-0.2, -0.15) is 0 Å². The van der Waals surface area contributed by atoms with Gasteiger partial charge in [-0.3, -0.25) is 0 Å². The minimum atomic E-state index is -0.487. The largest absolute Gasteiger partial charge is 0.459 e. The second-order valence-corrected chi connectivity index (χ2v) is 1.54. The maximum absolute atomic E-state index is 10.2. The molecule has 0 saturated carbocycles. The van der Waals surface area contributed by atoms with Crippen LogP contribution < -0.4 is 0 Å². The quantitative estimate of drug-likeness (QED) is 0.352. The van der Waals surface area contributed by atoms with Gasteiger partial charge in [0.15, 0.2) is 0 Å². The summed E-state index contributed by atoms with van der Waals surface area (Å²) in [5, 5.41) is 2.49. The van der Waals surface area contributed by atoms with Crippen molar-refractivity contribution in [3.05, 3.63) is 0 Å². The Bertz CT molecular complexity index is 131. The Hall–Kier alpha value is -0.620. The summed E-state index contributed by atoms with van der Waals surface area (Å²) >= 11 is 1.28. The minimum Gasteiger partial charge on any atom is -0.459 e. The second kappa shape index (κ2) is 4.54. The van der Waals surface area contributed by atoms with E-state index in [1.807, 2.05) is 0 Å². The first-order valence-electron chi connectivity index (χ1n) is 1.93. The van der Waals surface area contributed by atoms with Gasteiger partial charge in [0.2, 0.25) is 0 Å². The van der Waals surface area contributed by atoms with Gasteiger partial charge in [0, 0.05) is 5.92 Å². The summed E-state index contributed by atoms with van der Waals surface area (Å²) in [5.74, 6) is 1.75. The molecule has 0 saturated heterocycles. The minimum absolute atomic E-state index is 0.487. The average Bonchev–Trinajstić information content (AvgIpc) is 1.83. The lowest BCUT2D eigenvalue weighted by Gasteiger charge is -1.81. The molecule has 8 heavy (non-hydrogen) atoms. The standard InChI is InChI=1S/C5H6O2S/c1-7-5(6)3-4-8-2/h1-2H3. The lowest BCUT2D eigenvalue weighted by atomic mass is 10.7. The van der Waals surface area contributed by atoms with Crippen LogP contribution in [-0.2, 0) is 9.53 Å². The zero-order valence-corrected chi connectivity index (χ0v) is 5.54. The van der Waals surface area contributed by atoms with Crippen LogP contribution in [0.25, 0.3) is 0 Å². The highest BCUT2D eigenvalue weighted by molar-refractivity contribution is 8.03. The van der Waals surface area contributed by atoms with Crippen molar-refractivity contribution >= 4 is 17.7 Å². The molecule has 2 nitrogen and oxygen atoms in total. The summed E-state index contributed by atoms with van der Waals surface area (Å²) in [4.78, 5) is 10.2. The van der Waals surface area contributed by atoms with Gasteiger partial charge in [-0.1, -0.05) is 11.8 Å². The highest BCUT2D eigenvalue weighted by Crippen LogP contribution is 1.83. The topological polar surface area (TPSA) is 26.3 Å². The molecule has 44 valence electrons. The van der Waals surface area contributed by atoms with Crippen LogP contribution in [0.5, 0.6) is 0 Å². The van der Waals surface area contributed by atoms with Crippen molar-refractivity contribution < 1.29 is 9.53 Å². The van der Waals surface area contributed by atoms with E-state index in [1.165, 1.54) is 18.9 Å². The van der Waals surface area contributed by atoms with E-state index < -0.39 is 5.97 Å². The Kier molecular flexibility index (Phi) is 4.19. The third-order valence-electron chi connectivity index (χ3n) is 0.441. The Morgan fingerprint density at radius 3 is 2.75 bits per heavy atom. The van der Waals surface area contributed by atoms with E-state index in [9.17, 15) is 4.79 Å². The van der Waals surface area contributed by atoms with E-state index in [2.05, 4.69) is 15.9 Å². The number of thioether (sulfide) groups is 1. The van der Waals surface area contributed by atoms with Crippen LogP contribution in [0.1, 0.15) is 0 Å². The number of hydrogen-bond acceptors (Lipinski definition) is 3. The van der Waals surface area contributed by atoms with Gasteiger partial charge in [0.25, 0.3) is 0 Å². The number of rotatable bonds is 0. The first-order valence-corrected chi connectivity index (χ1v) is 3.15. The summed E-state index contributed by atoms with van der Waals surface area (Å²) in [6.07, 6.45) is 1.79. The molecule has 0 aliphatic rings. The Balaban J connectivity index is 3.52. The van der Waals surface area contributed by atoms with E-state index in [-0.39, 0.29) is 0 Å². The summed E-state index contributed by atoms with van der Waals surface area (Å²) in [6.45, 7) is 0. The molecule has 0 rings (SSSR count). The first-order chi connectivity index (χ1) is 3.81. The van der Waals surface area contributed by atoms with Crippen LogP contribution in [0.4, 0.5) is 0 Å². The van der Waals surface area contributed by atoms with Crippen LogP contribution >= 0.6 is 11.8 Å². The van der Waals surface area contributed by atoms with Gasteiger partial charge in [0.05, 0.1) is 7.11 Å². The molecule has 0 spiro atoms. The summed E-state index contributed by atoms with van der Waals surface area (Å²) in [5.41, 5.74) is 0. The number of ether oxygens (including phenoxy) is 1. The van der Waals surface area contributed by atoms with Crippen molar-refractivity contribution in [2.24, 2.45) is 0 Å². The highest BCUT2D eigenvalue weighted by atomic mass is 32.2. The molecule has 0 aliphatic heterocycles. The molecule has 0 aromatic heterocycles. The molecule has 0 aromatic rings. The fourth-order valence-corrected chi connectivity index (χ4v) is 0.329. The van der Waals surface area contributed by atoms with Crippen molar-refractivity contribution in [1.29, 1.82) is 0 Å². The molecule has 0 amide bonds.